The molecule has 0 unspecified atom stereocenters. The Morgan fingerprint density at radius 3 is 2.53 bits per heavy atom. The first-order valence-electron chi connectivity index (χ1n) is 8.84. The van der Waals surface area contributed by atoms with Crippen LogP contribution < -0.4 is 10.1 Å². The molecule has 0 aliphatic heterocycles. The molecule has 30 heavy (non-hydrogen) atoms. The van der Waals surface area contributed by atoms with Gasteiger partial charge in [-0.05, 0) is 42.5 Å². The van der Waals surface area contributed by atoms with E-state index in [9.17, 15) is 9.59 Å². The van der Waals surface area contributed by atoms with E-state index in [2.05, 4.69) is 15.3 Å². The maximum Gasteiger partial charge on any atom is 0.363 e. The normalized spacial score (nSPS) is 10.4. The van der Waals surface area contributed by atoms with Crippen molar-refractivity contribution in [3.63, 3.8) is 0 Å². The van der Waals surface area contributed by atoms with Gasteiger partial charge in [-0.15, -0.1) is 11.3 Å². The van der Waals surface area contributed by atoms with Crippen LogP contribution in [0.15, 0.2) is 78.4 Å². The number of hydrogen-bond acceptors (Lipinski definition) is 6. The van der Waals surface area contributed by atoms with Crippen molar-refractivity contribution in [2.24, 2.45) is 0 Å². The zero-order valence-corrected chi connectivity index (χ0v) is 17.0. The average molecular weight is 436 g/mol. The monoisotopic (exact) mass is 435 g/mol. The van der Waals surface area contributed by atoms with E-state index in [0.717, 1.165) is 5.56 Å². The lowest BCUT2D eigenvalue weighted by molar-refractivity contribution is 0.0729. The van der Waals surface area contributed by atoms with E-state index in [1.54, 1.807) is 60.2 Å². The molecule has 0 bridgehead atoms. The second-order valence-corrected chi connectivity index (χ2v) is 7.39. The van der Waals surface area contributed by atoms with Gasteiger partial charge in [0.25, 0.3) is 5.91 Å². The number of benzene rings is 2. The number of carbonyl (C=O) groups excluding carboxylic acids is 2. The van der Waals surface area contributed by atoms with Gasteiger partial charge < -0.3 is 10.1 Å². The molecule has 0 radical (unpaired) electrons. The topological polar surface area (TPSA) is 81.2 Å². The number of halogens is 1. The number of nitrogens with one attached hydrogen (secondary N) is 1. The third kappa shape index (κ3) is 4.53. The van der Waals surface area contributed by atoms with Crippen molar-refractivity contribution in [3.05, 3.63) is 94.7 Å². The van der Waals surface area contributed by atoms with Gasteiger partial charge in [0.1, 0.15) is 10.8 Å². The van der Waals surface area contributed by atoms with E-state index >= 15 is 0 Å². The lowest BCUT2D eigenvalue weighted by Gasteiger charge is -2.06. The molecule has 1 amide bonds. The average Bonchev–Trinajstić information content (AvgIpc) is 3.25. The smallest absolute Gasteiger partial charge is 0.363 e. The first-order chi connectivity index (χ1) is 14.6. The molecule has 0 spiro atoms. The van der Waals surface area contributed by atoms with E-state index in [0.29, 0.717) is 27.0 Å². The number of rotatable bonds is 5. The zero-order valence-electron chi connectivity index (χ0n) is 15.4. The van der Waals surface area contributed by atoms with Gasteiger partial charge in [0, 0.05) is 22.7 Å². The van der Waals surface area contributed by atoms with Gasteiger partial charge in [0.15, 0.2) is 5.69 Å². The fraction of sp³-hybridized carbons (Fsp3) is 0. The molecule has 0 fully saturated rings. The molecule has 0 saturated heterocycles. The highest BCUT2D eigenvalue weighted by molar-refractivity contribution is 7.13. The number of amides is 1. The maximum atomic E-state index is 12.4. The number of esters is 1. The summed E-state index contributed by atoms with van der Waals surface area (Å²) in [6.07, 6.45) is 3.18. The Balaban J connectivity index is 1.42. The number of pyridine rings is 1. The second kappa shape index (κ2) is 8.86. The van der Waals surface area contributed by atoms with Crippen molar-refractivity contribution >= 4 is 40.5 Å². The summed E-state index contributed by atoms with van der Waals surface area (Å²) in [5.41, 5.74) is 1.96. The van der Waals surface area contributed by atoms with Gasteiger partial charge in [-0.3, -0.25) is 9.78 Å². The third-order valence-corrected chi connectivity index (χ3v) is 5.27. The predicted octanol–water partition coefficient (Wildman–Crippen LogP) is 5.33. The molecule has 0 atom stereocenters. The van der Waals surface area contributed by atoms with Crippen LogP contribution >= 0.6 is 22.9 Å². The lowest BCUT2D eigenvalue weighted by Crippen LogP contribution is -2.12. The van der Waals surface area contributed by atoms with Crippen LogP contribution in [0.2, 0.25) is 5.02 Å². The number of hydrogen-bond donors (Lipinski definition) is 1. The Kier molecular flexibility index (Phi) is 5.83. The molecule has 0 aliphatic carbocycles. The van der Waals surface area contributed by atoms with Gasteiger partial charge in [-0.25, -0.2) is 9.78 Å². The molecular formula is C22H14ClN3O3S. The summed E-state index contributed by atoms with van der Waals surface area (Å²) in [5.74, 6) is -0.563. The summed E-state index contributed by atoms with van der Waals surface area (Å²) in [4.78, 5) is 32.9. The van der Waals surface area contributed by atoms with Gasteiger partial charge >= 0.3 is 5.97 Å². The van der Waals surface area contributed by atoms with E-state index in [1.165, 1.54) is 11.3 Å². The molecule has 0 aliphatic rings. The van der Waals surface area contributed by atoms with Gasteiger partial charge in [0.2, 0.25) is 0 Å². The van der Waals surface area contributed by atoms with Gasteiger partial charge in [-0.1, -0.05) is 29.8 Å². The summed E-state index contributed by atoms with van der Waals surface area (Å²) >= 11 is 7.49. The molecule has 6 nitrogen and oxygen atoms in total. The largest absolute Gasteiger partial charge is 0.422 e. The zero-order chi connectivity index (χ0) is 20.9. The van der Waals surface area contributed by atoms with Crippen molar-refractivity contribution in [2.45, 2.75) is 0 Å². The highest BCUT2D eigenvalue weighted by Gasteiger charge is 2.16. The van der Waals surface area contributed by atoms with Crippen LogP contribution in [0, 0.1) is 0 Å². The molecule has 2 aromatic carbocycles. The van der Waals surface area contributed by atoms with E-state index < -0.39 is 5.97 Å². The van der Waals surface area contributed by atoms with E-state index in [-0.39, 0.29) is 11.6 Å². The Morgan fingerprint density at radius 1 is 1.00 bits per heavy atom. The quantitative estimate of drug-likeness (QED) is 0.338. The summed E-state index contributed by atoms with van der Waals surface area (Å²) in [7, 11) is 0. The molecule has 4 rings (SSSR count). The summed E-state index contributed by atoms with van der Waals surface area (Å²) in [5, 5.41) is 5.56. The fourth-order valence-electron chi connectivity index (χ4n) is 2.60. The number of carbonyl (C=O) groups is 2. The molecule has 148 valence electrons. The highest BCUT2D eigenvalue weighted by atomic mass is 35.5. The SMILES string of the molecule is O=C(Nc1cccnc1)c1ccc(OC(=O)c2csc(-c3ccccc3Cl)n2)cc1. The standard InChI is InChI=1S/C22H14ClN3O3S/c23-18-6-2-1-5-17(18)21-26-19(13-30-21)22(28)29-16-9-7-14(8-10-16)20(27)25-15-4-3-11-24-12-15/h1-13H,(H,25,27). The molecule has 0 saturated carbocycles. The van der Waals surface area contributed by atoms with Crippen LogP contribution in [0.1, 0.15) is 20.8 Å². The van der Waals surface area contributed by atoms with Crippen LogP contribution in [-0.2, 0) is 0 Å². The second-order valence-electron chi connectivity index (χ2n) is 6.13. The number of anilines is 1. The summed E-state index contributed by atoms with van der Waals surface area (Å²) < 4.78 is 5.36. The number of thiazole rings is 1. The Morgan fingerprint density at radius 2 is 1.80 bits per heavy atom. The fourth-order valence-corrected chi connectivity index (χ4v) is 3.71. The lowest BCUT2D eigenvalue weighted by atomic mass is 10.2. The molecule has 8 heteroatoms. The van der Waals surface area contributed by atoms with Gasteiger partial charge in [0.05, 0.1) is 16.9 Å². The molecular weight excluding hydrogens is 422 g/mol. The minimum absolute atomic E-state index is 0.188. The maximum absolute atomic E-state index is 12.4. The summed E-state index contributed by atoms with van der Waals surface area (Å²) in [6.45, 7) is 0. The van der Waals surface area contributed by atoms with E-state index in [4.69, 9.17) is 16.3 Å². The molecule has 2 aromatic heterocycles. The first kappa shape index (κ1) is 19.8. The number of aromatic nitrogens is 2. The van der Waals surface area contributed by atoms with E-state index in [1.807, 2.05) is 18.2 Å². The minimum Gasteiger partial charge on any atom is -0.422 e. The number of ether oxygens (including phenoxy) is 1. The van der Waals surface area contributed by atoms with Crippen LogP contribution in [-0.4, -0.2) is 21.8 Å². The first-order valence-corrected chi connectivity index (χ1v) is 10.1. The van der Waals surface area contributed by atoms with Crippen molar-refractivity contribution in [2.75, 3.05) is 5.32 Å². The molecule has 2 heterocycles. The Hall–Kier alpha value is -3.55. The van der Waals surface area contributed by atoms with Gasteiger partial charge in [-0.2, -0.15) is 0 Å². The van der Waals surface area contributed by atoms with Crippen molar-refractivity contribution < 1.29 is 14.3 Å². The third-order valence-electron chi connectivity index (χ3n) is 4.06. The Bertz CT molecular complexity index is 1190. The highest BCUT2D eigenvalue weighted by Crippen LogP contribution is 2.30. The van der Waals surface area contributed by atoms with Crippen molar-refractivity contribution in [3.8, 4) is 16.3 Å². The van der Waals surface area contributed by atoms with Crippen molar-refractivity contribution in [1.82, 2.24) is 9.97 Å². The number of nitrogens with zero attached hydrogens (tertiary/aromatic N) is 2. The van der Waals surface area contributed by atoms with Crippen LogP contribution in [0.3, 0.4) is 0 Å². The summed E-state index contributed by atoms with van der Waals surface area (Å²) in [6, 6.07) is 17.0. The minimum atomic E-state index is -0.586. The van der Waals surface area contributed by atoms with Crippen LogP contribution in [0.5, 0.6) is 5.75 Å². The van der Waals surface area contributed by atoms with Crippen LogP contribution in [0.4, 0.5) is 5.69 Å². The Labute approximate surface area is 181 Å². The van der Waals surface area contributed by atoms with Crippen LogP contribution in [0.25, 0.3) is 10.6 Å². The predicted molar refractivity (Wildman–Crippen MR) is 116 cm³/mol. The molecule has 1 N–H and O–H groups in total. The van der Waals surface area contributed by atoms with Crippen molar-refractivity contribution in [1.29, 1.82) is 0 Å². The molecule has 4 aromatic rings.